The molecule has 3 heterocycles. The van der Waals surface area contributed by atoms with E-state index in [9.17, 15) is 14.4 Å². The summed E-state index contributed by atoms with van der Waals surface area (Å²) in [6.45, 7) is 7.02. The predicted molar refractivity (Wildman–Crippen MR) is 97.7 cm³/mol. The Morgan fingerprint density at radius 1 is 1.10 bits per heavy atom. The Bertz CT molecular complexity index is 741. The number of carbonyl (C=O) groups excluding carboxylic acids is 3. The highest BCUT2D eigenvalue weighted by Gasteiger charge is 2.64. The molecule has 4 rings (SSSR count). The summed E-state index contributed by atoms with van der Waals surface area (Å²) in [5.41, 5.74) is 0.780. The number of hydrogen-bond acceptors (Lipinski definition) is 8. The summed E-state index contributed by atoms with van der Waals surface area (Å²) < 4.78 is 27.5. The molecule has 3 aliphatic heterocycles. The minimum atomic E-state index is -1.07. The van der Waals surface area contributed by atoms with Crippen molar-refractivity contribution >= 4 is 17.9 Å². The molecule has 7 atom stereocenters. The van der Waals surface area contributed by atoms with Crippen LogP contribution in [0.4, 0.5) is 0 Å². The molecule has 8 nitrogen and oxygen atoms in total. The molecule has 0 aromatic heterocycles. The number of rotatable bonds is 3. The normalized spacial score (nSPS) is 41.6. The van der Waals surface area contributed by atoms with Crippen molar-refractivity contribution in [3.8, 4) is 0 Å². The van der Waals surface area contributed by atoms with Gasteiger partial charge in [0.05, 0.1) is 11.8 Å². The number of ether oxygens (including phenoxy) is 5. The third kappa shape index (κ3) is 3.92. The van der Waals surface area contributed by atoms with Crippen LogP contribution in [-0.4, -0.2) is 42.9 Å². The van der Waals surface area contributed by atoms with Gasteiger partial charge >= 0.3 is 17.9 Å². The topological polar surface area (TPSA) is 97.4 Å². The minimum Gasteiger partial charge on any atom is -0.455 e. The van der Waals surface area contributed by atoms with Crippen LogP contribution < -0.4 is 0 Å². The SMILES string of the molecule is CC(=O)O[C@@H]1O[C@@H]2O[C@@H]3OC(=O)C(=C[C@@H]4CCCC(C)(C)C4)[C@@H]3[C@@H]2[C@H]1OC(C)=O. The number of fused-ring (bicyclic) bond motifs is 3. The molecule has 0 unspecified atom stereocenters. The molecular weight excluding hydrogens is 380 g/mol. The molecule has 29 heavy (non-hydrogen) atoms. The quantitative estimate of drug-likeness (QED) is 0.399. The summed E-state index contributed by atoms with van der Waals surface area (Å²) in [4.78, 5) is 35.7. The summed E-state index contributed by atoms with van der Waals surface area (Å²) in [5.74, 6) is -2.12. The average molecular weight is 408 g/mol. The Hall–Kier alpha value is -1.93. The zero-order chi connectivity index (χ0) is 20.9. The molecule has 0 N–H and O–H groups in total. The molecule has 0 aromatic carbocycles. The van der Waals surface area contributed by atoms with Crippen LogP contribution in [0.5, 0.6) is 0 Å². The Balaban J connectivity index is 1.61. The first kappa shape index (κ1) is 20.3. The van der Waals surface area contributed by atoms with Crippen LogP contribution in [0.2, 0.25) is 0 Å². The molecule has 1 aliphatic carbocycles. The van der Waals surface area contributed by atoms with Crippen molar-refractivity contribution in [2.45, 2.75) is 78.4 Å². The Morgan fingerprint density at radius 2 is 1.83 bits per heavy atom. The average Bonchev–Trinajstić information content (AvgIpc) is 3.16. The Morgan fingerprint density at radius 3 is 2.48 bits per heavy atom. The van der Waals surface area contributed by atoms with Crippen LogP contribution in [0.1, 0.15) is 53.4 Å². The molecule has 0 bridgehead atoms. The fourth-order valence-electron chi connectivity index (χ4n) is 5.21. The van der Waals surface area contributed by atoms with Gasteiger partial charge in [0.25, 0.3) is 0 Å². The summed E-state index contributed by atoms with van der Waals surface area (Å²) >= 11 is 0. The summed E-state index contributed by atoms with van der Waals surface area (Å²) in [6.07, 6.45) is 2.82. The minimum absolute atomic E-state index is 0.230. The van der Waals surface area contributed by atoms with E-state index < -0.39 is 54.7 Å². The predicted octanol–water partition coefficient (Wildman–Crippen LogP) is 2.45. The highest BCUT2D eigenvalue weighted by molar-refractivity contribution is 5.91. The van der Waals surface area contributed by atoms with Gasteiger partial charge in [-0.3, -0.25) is 9.59 Å². The molecular formula is C21H28O8. The molecule has 0 spiro atoms. The van der Waals surface area contributed by atoms with E-state index in [1.807, 2.05) is 6.08 Å². The number of hydrogen-bond donors (Lipinski definition) is 0. The van der Waals surface area contributed by atoms with Gasteiger partial charge in [-0.15, -0.1) is 0 Å². The van der Waals surface area contributed by atoms with Crippen LogP contribution in [-0.2, 0) is 38.1 Å². The van der Waals surface area contributed by atoms with Crippen LogP contribution in [0.15, 0.2) is 11.6 Å². The Labute approximate surface area is 169 Å². The molecule has 0 amide bonds. The third-order valence-corrected chi connectivity index (χ3v) is 6.27. The lowest BCUT2D eigenvalue weighted by atomic mass is 9.71. The van der Waals surface area contributed by atoms with Crippen molar-refractivity contribution in [3.05, 3.63) is 11.6 Å². The van der Waals surface area contributed by atoms with Crippen molar-refractivity contribution in [3.63, 3.8) is 0 Å². The van der Waals surface area contributed by atoms with Crippen molar-refractivity contribution in [2.75, 3.05) is 0 Å². The van der Waals surface area contributed by atoms with E-state index in [1.54, 1.807) is 0 Å². The second kappa shape index (κ2) is 7.40. The van der Waals surface area contributed by atoms with Gasteiger partial charge in [-0.05, 0) is 30.6 Å². The van der Waals surface area contributed by atoms with E-state index >= 15 is 0 Å². The van der Waals surface area contributed by atoms with Crippen LogP contribution >= 0.6 is 0 Å². The fraction of sp³-hybridized carbons (Fsp3) is 0.762. The van der Waals surface area contributed by atoms with Gasteiger partial charge in [0.15, 0.2) is 12.4 Å². The van der Waals surface area contributed by atoms with Crippen molar-refractivity contribution in [2.24, 2.45) is 23.2 Å². The Kier molecular flexibility index (Phi) is 5.19. The van der Waals surface area contributed by atoms with E-state index in [2.05, 4.69) is 13.8 Å². The maximum Gasteiger partial charge on any atom is 0.336 e. The number of carbonyl (C=O) groups is 3. The van der Waals surface area contributed by atoms with Crippen LogP contribution in [0.25, 0.3) is 0 Å². The van der Waals surface area contributed by atoms with Gasteiger partial charge in [-0.25, -0.2) is 4.79 Å². The highest BCUT2D eigenvalue weighted by Crippen LogP contribution is 2.51. The first-order valence-corrected chi connectivity index (χ1v) is 10.2. The maximum absolute atomic E-state index is 12.6. The number of esters is 3. The molecule has 8 heteroatoms. The van der Waals surface area contributed by atoms with E-state index in [1.165, 1.54) is 20.3 Å². The largest absolute Gasteiger partial charge is 0.455 e. The van der Waals surface area contributed by atoms with Gasteiger partial charge < -0.3 is 23.7 Å². The van der Waals surface area contributed by atoms with Crippen molar-refractivity contribution in [1.29, 1.82) is 0 Å². The smallest absolute Gasteiger partial charge is 0.336 e. The van der Waals surface area contributed by atoms with Crippen molar-refractivity contribution < 1.29 is 38.1 Å². The molecule has 160 valence electrons. The second-order valence-electron chi connectivity index (χ2n) is 9.21. The summed E-state index contributed by atoms with van der Waals surface area (Å²) in [5, 5.41) is 0. The van der Waals surface area contributed by atoms with Crippen molar-refractivity contribution in [1.82, 2.24) is 0 Å². The van der Waals surface area contributed by atoms with Gasteiger partial charge in [-0.2, -0.15) is 0 Å². The monoisotopic (exact) mass is 408 g/mol. The molecule has 1 saturated carbocycles. The first-order valence-electron chi connectivity index (χ1n) is 10.2. The highest BCUT2D eigenvalue weighted by atomic mass is 16.8. The summed E-state index contributed by atoms with van der Waals surface area (Å²) in [7, 11) is 0. The van der Waals surface area contributed by atoms with Gasteiger partial charge in [0, 0.05) is 19.4 Å². The van der Waals surface area contributed by atoms with Gasteiger partial charge in [0.2, 0.25) is 12.6 Å². The van der Waals surface area contributed by atoms with E-state index in [4.69, 9.17) is 23.7 Å². The van der Waals surface area contributed by atoms with Crippen LogP contribution in [0.3, 0.4) is 0 Å². The second-order valence-corrected chi connectivity index (χ2v) is 9.21. The molecule has 0 radical (unpaired) electrons. The lowest BCUT2D eigenvalue weighted by molar-refractivity contribution is -0.244. The summed E-state index contributed by atoms with van der Waals surface area (Å²) in [6, 6.07) is 0. The maximum atomic E-state index is 12.6. The third-order valence-electron chi connectivity index (χ3n) is 6.27. The standard InChI is InChI=1S/C21H28O8/c1-10(22)25-16-15-14-13(8-12-6-5-7-21(3,4)9-12)17(24)27-18(14)28-19(15)29-20(16)26-11(2)23/h8,12,14-16,18-20H,5-7,9H2,1-4H3/t12-,14+,15+,16+,18-,19-,20+/m0/s1. The fourth-order valence-corrected chi connectivity index (χ4v) is 5.21. The molecule has 0 aromatic rings. The first-order chi connectivity index (χ1) is 13.6. The zero-order valence-corrected chi connectivity index (χ0v) is 17.2. The lowest BCUT2D eigenvalue weighted by Gasteiger charge is -2.34. The lowest BCUT2D eigenvalue weighted by Crippen LogP contribution is -2.38. The number of allylic oxidation sites excluding steroid dienone is 1. The van der Waals surface area contributed by atoms with E-state index in [-0.39, 0.29) is 11.3 Å². The molecule has 4 aliphatic rings. The van der Waals surface area contributed by atoms with E-state index in [0.29, 0.717) is 5.57 Å². The van der Waals surface area contributed by atoms with Gasteiger partial charge in [0.1, 0.15) is 0 Å². The molecule has 4 fully saturated rings. The molecule has 3 saturated heterocycles. The zero-order valence-electron chi connectivity index (χ0n) is 17.2. The van der Waals surface area contributed by atoms with Gasteiger partial charge in [-0.1, -0.05) is 26.3 Å². The van der Waals surface area contributed by atoms with Crippen LogP contribution in [0, 0.1) is 23.2 Å². The van der Waals surface area contributed by atoms with E-state index in [0.717, 1.165) is 19.3 Å².